The molecule has 100 valence electrons. The third-order valence-corrected chi connectivity index (χ3v) is 3.29. The molecule has 0 radical (unpaired) electrons. The number of rotatable bonds is 4. The molecule has 0 aliphatic heterocycles. The summed E-state index contributed by atoms with van der Waals surface area (Å²) in [6, 6.07) is 3.71. The largest absolute Gasteiger partial charge is 0.482 e. The Morgan fingerprint density at radius 1 is 1.58 bits per heavy atom. The first-order chi connectivity index (χ1) is 9.04. The molecule has 0 bridgehead atoms. The summed E-state index contributed by atoms with van der Waals surface area (Å²) >= 11 is 7.10. The van der Waals surface area contributed by atoms with E-state index in [9.17, 15) is 9.18 Å². The van der Waals surface area contributed by atoms with Crippen LogP contribution in [0.1, 0.15) is 5.69 Å². The quantitative estimate of drug-likeness (QED) is 0.943. The Labute approximate surface area is 118 Å². The van der Waals surface area contributed by atoms with Crippen LogP contribution in [0.25, 0.3) is 0 Å². The Kier molecular flexibility index (Phi) is 4.34. The van der Waals surface area contributed by atoms with Crippen molar-refractivity contribution in [3.05, 3.63) is 40.1 Å². The molecule has 0 aliphatic carbocycles. The second-order valence-electron chi connectivity index (χ2n) is 3.71. The van der Waals surface area contributed by atoms with Gasteiger partial charge in [0.1, 0.15) is 11.6 Å². The van der Waals surface area contributed by atoms with Crippen molar-refractivity contribution in [1.82, 2.24) is 4.98 Å². The number of anilines is 1. The summed E-state index contributed by atoms with van der Waals surface area (Å²) in [5, 5.41) is 5.05. The van der Waals surface area contributed by atoms with Crippen molar-refractivity contribution < 1.29 is 13.9 Å². The third-order valence-electron chi connectivity index (χ3n) is 2.12. The zero-order valence-corrected chi connectivity index (χ0v) is 11.5. The predicted molar refractivity (Wildman–Crippen MR) is 72.4 cm³/mol. The number of carbonyl (C=O) groups excluding carboxylic acids is 1. The highest BCUT2D eigenvalue weighted by Gasteiger charge is 2.08. The monoisotopic (exact) mass is 300 g/mol. The summed E-state index contributed by atoms with van der Waals surface area (Å²) in [5.74, 6) is -0.552. The van der Waals surface area contributed by atoms with Gasteiger partial charge in [-0.3, -0.25) is 10.1 Å². The molecule has 1 amide bonds. The molecule has 19 heavy (non-hydrogen) atoms. The lowest BCUT2D eigenvalue weighted by atomic mass is 10.3. The molecule has 1 N–H and O–H groups in total. The van der Waals surface area contributed by atoms with E-state index in [2.05, 4.69) is 10.3 Å². The number of aryl methyl sites for hydroxylation is 1. The third kappa shape index (κ3) is 3.90. The molecule has 0 fully saturated rings. The number of carbonyl (C=O) groups is 1. The fourth-order valence-electron chi connectivity index (χ4n) is 1.30. The summed E-state index contributed by atoms with van der Waals surface area (Å²) in [5.41, 5.74) is 0.836. The van der Waals surface area contributed by atoms with Gasteiger partial charge in [-0.15, -0.1) is 11.3 Å². The van der Waals surface area contributed by atoms with Gasteiger partial charge in [0.25, 0.3) is 5.91 Å². The summed E-state index contributed by atoms with van der Waals surface area (Å²) in [7, 11) is 0. The number of hydrogen-bond acceptors (Lipinski definition) is 4. The SMILES string of the molecule is Cc1csc(NC(=O)COc2ccc(F)cc2Cl)n1. The Morgan fingerprint density at radius 2 is 2.37 bits per heavy atom. The predicted octanol–water partition coefficient (Wildman–Crippen LogP) is 3.26. The molecule has 1 heterocycles. The van der Waals surface area contributed by atoms with Crippen LogP contribution < -0.4 is 10.1 Å². The van der Waals surface area contributed by atoms with Crippen LogP contribution >= 0.6 is 22.9 Å². The van der Waals surface area contributed by atoms with E-state index in [4.69, 9.17) is 16.3 Å². The summed E-state index contributed by atoms with van der Waals surface area (Å²) < 4.78 is 18.0. The lowest BCUT2D eigenvalue weighted by molar-refractivity contribution is -0.118. The van der Waals surface area contributed by atoms with Crippen LogP contribution in [-0.2, 0) is 4.79 Å². The Hall–Kier alpha value is -1.66. The van der Waals surface area contributed by atoms with Gasteiger partial charge in [-0.2, -0.15) is 0 Å². The lowest BCUT2D eigenvalue weighted by Crippen LogP contribution is -2.20. The van der Waals surface area contributed by atoms with E-state index in [-0.39, 0.29) is 23.3 Å². The van der Waals surface area contributed by atoms with Crippen molar-refractivity contribution in [1.29, 1.82) is 0 Å². The van der Waals surface area contributed by atoms with Crippen LogP contribution in [0, 0.1) is 12.7 Å². The van der Waals surface area contributed by atoms with Gasteiger partial charge in [-0.1, -0.05) is 11.6 Å². The van der Waals surface area contributed by atoms with E-state index in [0.29, 0.717) is 5.13 Å². The van der Waals surface area contributed by atoms with Crippen molar-refractivity contribution in [2.75, 3.05) is 11.9 Å². The molecule has 4 nitrogen and oxygen atoms in total. The van der Waals surface area contributed by atoms with E-state index in [1.807, 2.05) is 12.3 Å². The lowest BCUT2D eigenvalue weighted by Gasteiger charge is -2.07. The average Bonchev–Trinajstić information content (AvgIpc) is 2.73. The first kappa shape index (κ1) is 13.8. The van der Waals surface area contributed by atoms with Crippen molar-refractivity contribution >= 4 is 34.0 Å². The Bertz CT molecular complexity index is 603. The number of aromatic nitrogens is 1. The zero-order valence-electron chi connectivity index (χ0n) is 9.94. The number of benzene rings is 1. The van der Waals surface area contributed by atoms with Crippen LogP contribution in [0.4, 0.5) is 9.52 Å². The maximum atomic E-state index is 12.8. The van der Waals surface area contributed by atoms with E-state index < -0.39 is 5.82 Å². The number of amides is 1. The highest BCUT2D eigenvalue weighted by atomic mass is 35.5. The summed E-state index contributed by atoms with van der Waals surface area (Å²) in [6.07, 6.45) is 0. The second-order valence-corrected chi connectivity index (χ2v) is 4.97. The van der Waals surface area contributed by atoms with Crippen LogP contribution in [0.5, 0.6) is 5.75 Å². The van der Waals surface area contributed by atoms with Crippen LogP contribution in [0.15, 0.2) is 23.6 Å². The molecule has 7 heteroatoms. The number of ether oxygens (including phenoxy) is 1. The molecule has 0 aliphatic rings. The molecule has 0 spiro atoms. The second kappa shape index (κ2) is 5.99. The van der Waals surface area contributed by atoms with E-state index >= 15 is 0 Å². The van der Waals surface area contributed by atoms with Crippen LogP contribution in [0.3, 0.4) is 0 Å². The van der Waals surface area contributed by atoms with Gasteiger partial charge in [-0.05, 0) is 25.1 Å². The number of halogens is 2. The topological polar surface area (TPSA) is 51.2 Å². The van der Waals surface area contributed by atoms with Crippen molar-refractivity contribution in [3.8, 4) is 5.75 Å². The molecule has 2 aromatic rings. The van der Waals surface area contributed by atoms with E-state index in [1.165, 1.54) is 23.5 Å². The normalized spacial score (nSPS) is 10.3. The molecule has 0 atom stereocenters. The van der Waals surface area contributed by atoms with Crippen molar-refractivity contribution in [2.45, 2.75) is 6.92 Å². The van der Waals surface area contributed by atoms with Crippen molar-refractivity contribution in [2.24, 2.45) is 0 Å². The van der Waals surface area contributed by atoms with Gasteiger partial charge in [0, 0.05) is 5.38 Å². The smallest absolute Gasteiger partial charge is 0.264 e. The minimum Gasteiger partial charge on any atom is -0.482 e. The standard InChI is InChI=1S/C12H10ClFN2O2S/c1-7-6-19-12(15-7)16-11(17)5-18-10-3-2-8(14)4-9(10)13/h2-4,6H,5H2,1H3,(H,15,16,17). The maximum absolute atomic E-state index is 12.8. The highest BCUT2D eigenvalue weighted by Crippen LogP contribution is 2.24. The number of hydrogen-bond donors (Lipinski definition) is 1. The molecule has 0 unspecified atom stereocenters. The first-order valence-electron chi connectivity index (χ1n) is 5.34. The van der Waals surface area contributed by atoms with E-state index in [0.717, 1.165) is 11.8 Å². The van der Waals surface area contributed by atoms with Crippen LogP contribution in [-0.4, -0.2) is 17.5 Å². The van der Waals surface area contributed by atoms with Gasteiger partial charge in [0.2, 0.25) is 0 Å². The molecule has 0 saturated carbocycles. The minimum atomic E-state index is -0.458. The fourth-order valence-corrected chi connectivity index (χ4v) is 2.23. The molecule has 2 rings (SSSR count). The molecule has 0 saturated heterocycles. The maximum Gasteiger partial charge on any atom is 0.264 e. The number of thiazole rings is 1. The highest BCUT2D eigenvalue weighted by molar-refractivity contribution is 7.13. The molecular formula is C12H10ClFN2O2S. The van der Waals surface area contributed by atoms with Crippen molar-refractivity contribution in [3.63, 3.8) is 0 Å². The van der Waals surface area contributed by atoms with Gasteiger partial charge < -0.3 is 4.74 Å². The summed E-state index contributed by atoms with van der Waals surface area (Å²) in [6.45, 7) is 1.62. The first-order valence-corrected chi connectivity index (χ1v) is 6.60. The Balaban J connectivity index is 1.89. The molecule has 1 aromatic heterocycles. The van der Waals surface area contributed by atoms with E-state index in [1.54, 1.807) is 0 Å². The van der Waals surface area contributed by atoms with Crippen LogP contribution in [0.2, 0.25) is 5.02 Å². The average molecular weight is 301 g/mol. The number of nitrogens with one attached hydrogen (secondary N) is 1. The minimum absolute atomic E-state index is 0.123. The molecular weight excluding hydrogens is 291 g/mol. The summed E-state index contributed by atoms with van der Waals surface area (Å²) in [4.78, 5) is 15.7. The van der Waals surface area contributed by atoms with Gasteiger partial charge >= 0.3 is 0 Å². The van der Waals surface area contributed by atoms with Gasteiger partial charge in [0.15, 0.2) is 11.7 Å². The molecule has 1 aromatic carbocycles. The number of nitrogens with zero attached hydrogens (tertiary/aromatic N) is 1. The Morgan fingerprint density at radius 3 is 3.00 bits per heavy atom. The van der Waals surface area contributed by atoms with Gasteiger partial charge in [-0.25, -0.2) is 9.37 Å². The zero-order chi connectivity index (χ0) is 13.8. The fraction of sp³-hybridized carbons (Fsp3) is 0.167. The van der Waals surface area contributed by atoms with Gasteiger partial charge in [0.05, 0.1) is 10.7 Å².